The van der Waals surface area contributed by atoms with Crippen molar-refractivity contribution in [1.82, 2.24) is 10.6 Å². The van der Waals surface area contributed by atoms with Gasteiger partial charge in [0.2, 0.25) is 5.91 Å². The second kappa shape index (κ2) is 10.7. The first-order valence-electron chi connectivity index (χ1n) is 8.55. The summed E-state index contributed by atoms with van der Waals surface area (Å²) in [6, 6.07) is 13.7. The van der Waals surface area contributed by atoms with Crippen LogP contribution in [0, 0.1) is 0 Å². The van der Waals surface area contributed by atoms with Crippen molar-refractivity contribution in [2.75, 3.05) is 13.2 Å². The lowest BCUT2D eigenvalue weighted by Crippen LogP contribution is -2.35. The summed E-state index contributed by atoms with van der Waals surface area (Å²) in [5.41, 5.74) is 1.53. The van der Waals surface area contributed by atoms with Crippen LogP contribution in [0.3, 0.4) is 0 Å². The van der Waals surface area contributed by atoms with E-state index in [0.717, 1.165) is 5.56 Å². The highest BCUT2D eigenvalue weighted by atomic mass is 35.5. The van der Waals surface area contributed by atoms with E-state index in [1.54, 1.807) is 25.1 Å². The number of hydrogen-bond donors (Lipinski definition) is 2. The van der Waals surface area contributed by atoms with Crippen molar-refractivity contribution in [2.24, 2.45) is 0 Å². The molecule has 0 heterocycles. The van der Waals surface area contributed by atoms with Gasteiger partial charge < -0.3 is 15.4 Å². The molecule has 28 heavy (non-hydrogen) atoms. The summed E-state index contributed by atoms with van der Waals surface area (Å²) in [5.74, 6) is -1.49. The Morgan fingerprint density at radius 2 is 1.75 bits per heavy atom. The monoisotopic (exact) mass is 422 g/mol. The van der Waals surface area contributed by atoms with Gasteiger partial charge in [0, 0.05) is 10.0 Å². The van der Waals surface area contributed by atoms with Crippen molar-refractivity contribution >= 4 is 41.0 Å². The SMILES string of the molecule is CC(NC(=O)COC(=O)CNC(=O)Cc1ccccc1)c1ccc(Cl)cc1Cl. The molecule has 2 aromatic rings. The minimum atomic E-state index is -0.700. The fraction of sp³-hybridized carbons (Fsp3) is 0.250. The fourth-order valence-corrected chi connectivity index (χ4v) is 3.00. The van der Waals surface area contributed by atoms with Gasteiger partial charge in [-0.25, -0.2) is 0 Å². The molecule has 0 saturated carbocycles. The van der Waals surface area contributed by atoms with E-state index >= 15 is 0 Å². The molecular formula is C20H20Cl2N2O4. The molecule has 6 nitrogen and oxygen atoms in total. The van der Waals surface area contributed by atoms with Gasteiger partial charge in [-0.1, -0.05) is 59.6 Å². The average molecular weight is 423 g/mol. The third-order valence-electron chi connectivity index (χ3n) is 3.81. The summed E-state index contributed by atoms with van der Waals surface area (Å²) in [5, 5.41) is 6.06. The van der Waals surface area contributed by atoms with Gasteiger partial charge >= 0.3 is 5.97 Å². The van der Waals surface area contributed by atoms with Gasteiger partial charge in [-0.3, -0.25) is 14.4 Å². The van der Waals surface area contributed by atoms with Crippen LogP contribution in [-0.2, 0) is 25.5 Å². The van der Waals surface area contributed by atoms with Crippen LogP contribution in [0.1, 0.15) is 24.1 Å². The van der Waals surface area contributed by atoms with Crippen LogP contribution in [0.4, 0.5) is 0 Å². The van der Waals surface area contributed by atoms with Gasteiger partial charge in [0.15, 0.2) is 6.61 Å². The highest BCUT2D eigenvalue weighted by Gasteiger charge is 2.15. The number of benzene rings is 2. The maximum Gasteiger partial charge on any atom is 0.325 e. The Bertz CT molecular complexity index is 843. The van der Waals surface area contributed by atoms with Gasteiger partial charge in [-0.15, -0.1) is 0 Å². The summed E-state index contributed by atoms with van der Waals surface area (Å²) < 4.78 is 4.87. The van der Waals surface area contributed by atoms with Crippen LogP contribution in [0.5, 0.6) is 0 Å². The fourth-order valence-electron chi connectivity index (χ4n) is 2.43. The number of halogens is 2. The molecule has 0 saturated heterocycles. The molecule has 2 N–H and O–H groups in total. The number of nitrogens with one attached hydrogen (secondary N) is 2. The first-order valence-corrected chi connectivity index (χ1v) is 9.31. The number of amides is 2. The summed E-state index contributed by atoms with van der Waals surface area (Å²) in [4.78, 5) is 35.4. The van der Waals surface area contributed by atoms with E-state index in [4.69, 9.17) is 27.9 Å². The predicted molar refractivity (Wildman–Crippen MR) is 107 cm³/mol. The van der Waals surface area contributed by atoms with Crippen molar-refractivity contribution in [3.05, 3.63) is 69.7 Å². The number of carbonyl (C=O) groups excluding carboxylic acids is 3. The molecule has 2 aromatic carbocycles. The van der Waals surface area contributed by atoms with Gasteiger partial charge in [0.05, 0.1) is 12.5 Å². The number of rotatable bonds is 8. The molecule has 2 rings (SSSR count). The van der Waals surface area contributed by atoms with Gasteiger partial charge in [-0.05, 0) is 30.2 Å². The van der Waals surface area contributed by atoms with E-state index in [2.05, 4.69) is 10.6 Å². The van der Waals surface area contributed by atoms with Crippen LogP contribution < -0.4 is 10.6 Å². The lowest BCUT2D eigenvalue weighted by atomic mass is 10.1. The van der Waals surface area contributed by atoms with E-state index < -0.39 is 18.5 Å². The summed E-state index contributed by atoms with van der Waals surface area (Å²) in [7, 11) is 0. The summed E-state index contributed by atoms with van der Waals surface area (Å²) >= 11 is 12.0. The van der Waals surface area contributed by atoms with Gasteiger partial charge in [0.25, 0.3) is 5.91 Å². The molecule has 0 aliphatic heterocycles. The summed E-state index contributed by atoms with van der Waals surface area (Å²) in [6.07, 6.45) is 0.161. The minimum absolute atomic E-state index is 0.161. The maximum absolute atomic E-state index is 11.9. The lowest BCUT2D eigenvalue weighted by molar-refractivity contribution is -0.148. The molecule has 1 unspecified atom stereocenters. The van der Waals surface area contributed by atoms with E-state index in [9.17, 15) is 14.4 Å². The first-order chi connectivity index (χ1) is 13.3. The quantitative estimate of drug-likeness (QED) is 0.640. The van der Waals surface area contributed by atoms with Crippen LogP contribution in [0.15, 0.2) is 48.5 Å². The van der Waals surface area contributed by atoms with Crippen LogP contribution >= 0.6 is 23.2 Å². The predicted octanol–water partition coefficient (Wildman–Crippen LogP) is 3.07. The molecule has 1 atom stereocenters. The lowest BCUT2D eigenvalue weighted by Gasteiger charge is -2.16. The van der Waals surface area contributed by atoms with Crippen molar-refractivity contribution in [3.8, 4) is 0 Å². The summed E-state index contributed by atoms with van der Waals surface area (Å²) in [6.45, 7) is 0.985. The minimum Gasteiger partial charge on any atom is -0.454 e. The molecule has 148 valence electrons. The number of hydrogen-bond acceptors (Lipinski definition) is 4. The van der Waals surface area contributed by atoms with Crippen molar-refractivity contribution in [2.45, 2.75) is 19.4 Å². The van der Waals surface area contributed by atoms with Crippen LogP contribution in [-0.4, -0.2) is 30.9 Å². The molecule has 0 aliphatic rings. The maximum atomic E-state index is 11.9. The molecule has 2 amide bonds. The Hall–Kier alpha value is -2.57. The Morgan fingerprint density at radius 3 is 2.43 bits per heavy atom. The molecule has 0 aliphatic carbocycles. The van der Waals surface area contributed by atoms with Crippen LogP contribution in [0.2, 0.25) is 10.0 Å². The molecule has 0 bridgehead atoms. The van der Waals surface area contributed by atoms with Crippen LogP contribution in [0.25, 0.3) is 0 Å². The van der Waals surface area contributed by atoms with E-state index in [0.29, 0.717) is 15.6 Å². The number of carbonyl (C=O) groups is 3. The zero-order valence-corrected chi connectivity index (χ0v) is 16.7. The average Bonchev–Trinajstić information content (AvgIpc) is 2.65. The van der Waals surface area contributed by atoms with E-state index in [1.807, 2.05) is 30.3 Å². The van der Waals surface area contributed by atoms with Gasteiger partial charge in [0.1, 0.15) is 6.54 Å². The van der Waals surface area contributed by atoms with Crippen molar-refractivity contribution < 1.29 is 19.1 Å². The molecule has 0 fully saturated rings. The molecular weight excluding hydrogens is 403 g/mol. The standard InChI is InChI=1S/C20H20Cl2N2O4/c1-13(16-8-7-15(21)10-17(16)22)24-19(26)12-28-20(27)11-23-18(25)9-14-5-3-2-4-6-14/h2-8,10,13H,9,11-12H2,1H3,(H,23,25)(H,24,26). The molecule has 0 spiro atoms. The number of esters is 1. The third kappa shape index (κ3) is 7.21. The van der Waals surface area contributed by atoms with E-state index in [1.165, 1.54) is 0 Å². The zero-order valence-electron chi connectivity index (χ0n) is 15.2. The van der Waals surface area contributed by atoms with E-state index in [-0.39, 0.29) is 24.9 Å². The Kier molecular flexibility index (Phi) is 8.29. The molecule has 8 heteroatoms. The van der Waals surface area contributed by atoms with Gasteiger partial charge in [-0.2, -0.15) is 0 Å². The second-order valence-electron chi connectivity index (χ2n) is 6.05. The zero-order chi connectivity index (χ0) is 20.5. The Balaban J connectivity index is 1.70. The Labute approximate surface area is 173 Å². The smallest absolute Gasteiger partial charge is 0.325 e. The third-order valence-corrected chi connectivity index (χ3v) is 4.37. The highest BCUT2D eigenvalue weighted by Crippen LogP contribution is 2.25. The second-order valence-corrected chi connectivity index (χ2v) is 6.90. The topological polar surface area (TPSA) is 84.5 Å². The first kappa shape index (κ1) is 21.7. The van der Waals surface area contributed by atoms with Crippen molar-refractivity contribution in [1.29, 1.82) is 0 Å². The number of ether oxygens (including phenoxy) is 1. The molecule has 0 aromatic heterocycles. The van der Waals surface area contributed by atoms with Crippen molar-refractivity contribution in [3.63, 3.8) is 0 Å². The molecule has 0 radical (unpaired) electrons. The normalized spacial score (nSPS) is 11.4. The Morgan fingerprint density at radius 1 is 1.04 bits per heavy atom. The highest BCUT2D eigenvalue weighted by molar-refractivity contribution is 6.35. The largest absolute Gasteiger partial charge is 0.454 e.